The monoisotopic (exact) mass is 326 g/mol. The zero-order valence-electron chi connectivity index (χ0n) is 13.3. The molecule has 0 bridgehead atoms. The van der Waals surface area contributed by atoms with Crippen LogP contribution in [-0.2, 0) is 7.05 Å². The third-order valence-corrected chi connectivity index (χ3v) is 4.54. The van der Waals surface area contributed by atoms with E-state index in [4.69, 9.17) is 4.52 Å². The minimum atomic E-state index is -0.0190. The van der Waals surface area contributed by atoms with E-state index in [1.807, 2.05) is 40.9 Å². The number of carbonyl (C=O) groups is 1. The highest BCUT2D eigenvalue weighted by Gasteiger charge is 2.27. The van der Waals surface area contributed by atoms with Crippen LogP contribution in [0.3, 0.4) is 0 Å². The number of aromatic amines is 1. The Hall–Kier alpha value is -2.90. The summed E-state index contributed by atoms with van der Waals surface area (Å²) in [5.74, 6) is 0.970. The minimum absolute atomic E-state index is 0.0190. The predicted octanol–water partition coefficient (Wildman–Crippen LogP) is 1.82. The molecule has 1 N–H and O–H groups in total. The van der Waals surface area contributed by atoms with Gasteiger partial charge in [-0.3, -0.25) is 9.89 Å². The molecule has 0 atom stereocenters. The molecule has 0 saturated carbocycles. The van der Waals surface area contributed by atoms with Gasteiger partial charge >= 0.3 is 0 Å². The smallest absolute Gasteiger partial charge is 0.271 e. The van der Waals surface area contributed by atoms with Gasteiger partial charge < -0.3 is 14.0 Å². The number of rotatable bonds is 3. The SMILES string of the molecule is Cn1cccc1-c1cc(C(=O)N2CCC(c3ncon3)CC2)[nH]n1. The van der Waals surface area contributed by atoms with Crippen LogP contribution >= 0.6 is 0 Å². The van der Waals surface area contributed by atoms with Crippen molar-refractivity contribution in [3.05, 3.63) is 42.3 Å². The third-order valence-electron chi connectivity index (χ3n) is 4.54. The van der Waals surface area contributed by atoms with Crippen LogP contribution in [0.4, 0.5) is 0 Å². The van der Waals surface area contributed by atoms with Gasteiger partial charge in [0.05, 0.1) is 5.69 Å². The number of aromatic nitrogens is 5. The summed E-state index contributed by atoms with van der Waals surface area (Å²) in [6.45, 7) is 1.35. The number of H-pyrrole nitrogens is 1. The quantitative estimate of drug-likeness (QED) is 0.792. The largest absolute Gasteiger partial charge is 0.349 e. The van der Waals surface area contributed by atoms with Crippen molar-refractivity contribution in [2.24, 2.45) is 7.05 Å². The number of nitrogens with zero attached hydrogens (tertiary/aromatic N) is 5. The van der Waals surface area contributed by atoms with E-state index in [1.54, 1.807) is 0 Å². The topological polar surface area (TPSA) is 92.8 Å². The molecule has 4 heterocycles. The average Bonchev–Trinajstić information content (AvgIpc) is 3.35. The number of piperidine rings is 1. The lowest BCUT2D eigenvalue weighted by Gasteiger charge is -2.30. The molecule has 0 spiro atoms. The van der Waals surface area contributed by atoms with Crippen molar-refractivity contribution in [3.8, 4) is 11.4 Å². The number of carbonyl (C=O) groups excluding carboxylic acids is 1. The number of hydrogen-bond acceptors (Lipinski definition) is 5. The fourth-order valence-corrected chi connectivity index (χ4v) is 3.16. The normalized spacial score (nSPS) is 15.8. The van der Waals surface area contributed by atoms with Crippen molar-refractivity contribution < 1.29 is 9.32 Å². The van der Waals surface area contributed by atoms with Gasteiger partial charge in [0.25, 0.3) is 5.91 Å². The number of aryl methyl sites for hydroxylation is 1. The van der Waals surface area contributed by atoms with Crippen molar-refractivity contribution in [1.29, 1.82) is 0 Å². The van der Waals surface area contributed by atoms with E-state index in [0.29, 0.717) is 18.8 Å². The van der Waals surface area contributed by atoms with Crippen molar-refractivity contribution in [1.82, 2.24) is 29.8 Å². The lowest BCUT2D eigenvalue weighted by molar-refractivity contribution is 0.0704. The molecule has 1 saturated heterocycles. The van der Waals surface area contributed by atoms with E-state index in [9.17, 15) is 4.79 Å². The molecule has 1 fully saturated rings. The lowest BCUT2D eigenvalue weighted by Crippen LogP contribution is -2.38. The van der Waals surface area contributed by atoms with Crippen LogP contribution < -0.4 is 0 Å². The summed E-state index contributed by atoms with van der Waals surface area (Å²) in [6.07, 6.45) is 4.98. The first kappa shape index (κ1) is 14.7. The van der Waals surface area contributed by atoms with Crippen molar-refractivity contribution in [2.75, 3.05) is 13.1 Å². The Morgan fingerprint density at radius 1 is 1.38 bits per heavy atom. The molecule has 1 amide bonds. The first-order chi connectivity index (χ1) is 11.7. The molecular weight excluding hydrogens is 308 g/mol. The van der Waals surface area contributed by atoms with Gasteiger partial charge in [0.2, 0.25) is 6.39 Å². The molecule has 1 aliphatic rings. The summed E-state index contributed by atoms with van der Waals surface area (Å²) < 4.78 is 6.78. The first-order valence-corrected chi connectivity index (χ1v) is 7.95. The summed E-state index contributed by atoms with van der Waals surface area (Å²) >= 11 is 0. The highest BCUT2D eigenvalue weighted by Crippen LogP contribution is 2.26. The number of hydrogen-bond donors (Lipinski definition) is 1. The molecule has 0 radical (unpaired) electrons. The molecule has 3 aromatic rings. The maximum absolute atomic E-state index is 12.7. The molecule has 124 valence electrons. The molecule has 0 aromatic carbocycles. The van der Waals surface area contributed by atoms with Gasteiger partial charge in [-0.15, -0.1) is 0 Å². The van der Waals surface area contributed by atoms with Gasteiger partial charge in [-0.05, 0) is 31.0 Å². The summed E-state index contributed by atoms with van der Waals surface area (Å²) in [5.41, 5.74) is 2.26. The van der Waals surface area contributed by atoms with E-state index in [0.717, 1.165) is 30.1 Å². The maximum Gasteiger partial charge on any atom is 0.271 e. The molecule has 24 heavy (non-hydrogen) atoms. The van der Waals surface area contributed by atoms with Gasteiger partial charge in [0.1, 0.15) is 11.4 Å². The zero-order valence-corrected chi connectivity index (χ0v) is 13.3. The van der Waals surface area contributed by atoms with Gasteiger partial charge in [-0.1, -0.05) is 5.16 Å². The Bertz CT molecular complexity index is 827. The van der Waals surface area contributed by atoms with E-state index in [2.05, 4.69) is 20.3 Å². The number of likely N-dealkylation sites (tertiary alicyclic amines) is 1. The van der Waals surface area contributed by atoms with Gasteiger partial charge in [0, 0.05) is 32.3 Å². The summed E-state index contributed by atoms with van der Waals surface area (Å²) in [7, 11) is 1.95. The molecule has 4 rings (SSSR count). The molecule has 8 heteroatoms. The third kappa shape index (κ3) is 2.60. The van der Waals surface area contributed by atoms with E-state index < -0.39 is 0 Å². The second-order valence-electron chi connectivity index (χ2n) is 6.03. The fourth-order valence-electron chi connectivity index (χ4n) is 3.16. The average molecular weight is 326 g/mol. The summed E-state index contributed by atoms with van der Waals surface area (Å²) in [4.78, 5) is 18.6. The van der Waals surface area contributed by atoms with Crippen molar-refractivity contribution >= 4 is 5.91 Å². The molecule has 0 unspecified atom stereocenters. The van der Waals surface area contributed by atoms with Crippen molar-refractivity contribution in [2.45, 2.75) is 18.8 Å². The summed E-state index contributed by atoms with van der Waals surface area (Å²) in [6, 6.07) is 5.73. The first-order valence-electron chi connectivity index (χ1n) is 7.95. The summed E-state index contributed by atoms with van der Waals surface area (Å²) in [5, 5.41) is 11.0. The highest BCUT2D eigenvalue weighted by atomic mass is 16.5. The van der Waals surface area contributed by atoms with Crippen LogP contribution in [0, 0.1) is 0 Å². The Morgan fingerprint density at radius 3 is 2.88 bits per heavy atom. The Morgan fingerprint density at radius 2 is 2.21 bits per heavy atom. The van der Waals surface area contributed by atoms with E-state index in [1.165, 1.54) is 6.39 Å². The Kier molecular flexibility index (Phi) is 3.64. The van der Waals surface area contributed by atoms with Crippen LogP contribution in [-0.4, -0.2) is 48.8 Å². The standard InChI is InChI=1S/C16H18N6O2/c1-21-6-2-3-14(21)12-9-13(19-18-12)16(23)22-7-4-11(5-8-22)15-17-10-24-20-15/h2-3,6,9-11H,4-5,7-8H2,1H3,(H,18,19). The van der Waals surface area contributed by atoms with E-state index in [-0.39, 0.29) is 11.8 Å². The Labute approximate surface area is 138 Å². The van der Waals surface area contributed by atoms with E-state index >= 15 is 0 Å². The second-order valence-corrected chi connectivity index (χ2v) is 6.03. The molecule has 0 aliphatic carbocycles. The maximum atomic E-state index is 12.7. The van der Waals surface area contributed by atoms with Crippen LogP contribution in [0.5, 0.6) is 0 Å². The second kappa shape index (κ2) is 5.95. The van der Waals surface area contributed by atoms with Gasteiger partial charge in [-0.25, -0.2) is 0 Å². The molecule has 8 nitrogen and oxygen atoms in total. The number of nitrogens with one attached hydrogen (secondary N) is 1. The van der Waals surface area contributed by atoms with Crippen molar-refractivity contribution in [3.63, 3.8) is 0 Å². The van der Waals surface area contributed by atoms with Crippen LogP contribution in [0.15, 0.2) is 35.3 Å². The lowest BCUT2D eigenvalue weighted by atomic mass is 9.96. The minimum Gasteiger partial charge on any atom is -0.349 e. The van der Waals surface area contributed by atoms with Gasteiger partial charge in [-0.2, -0.15) is 10.1 Å². The molecule has 3 aromatic heterocycles. The fraction of sp³-hybridized carbons (Fsp3) is 0.375. The molecular formula is C16H18N6O2. The molecule has 1 aliphatic heterocycles. The Balaban J connectivity index is 1.44. The van der Waals surface area contributed by atoms with Crippen LogP contribution in [0.2, 0.25) is 0 Å². The highest BCUT2D eigenvalue weighted by molar-refractivity contribution is 5.93. The zero-order chi connectivity index (χ0) is 16.5. The van der Waals surface area contributed by atoms with Crippen LogP contribution in [0.1, 0.15) is 35.1 Å². The van der Waals surface area contributed by atoms with Gasteiger partial charge in [0.15, 0.2) is 5.82 Å². The van der Waals surface area contributed by atoms with Crippen LogP contribution in [0.25, 0.3) is 11.4 Å². The predicted molar refractivity (Wildman–Crippen MR) is 85.2 cm³/mol. The number of amides is 1.